The molecule has 0 spiro atoms. The van der Waals surface area contributed by atoms with Gasteiger partial charge in [-0.2, -0.15) is 0 Å². The fourth-order valence-electron chi connectivity index (χ4n) is 2.20. The number of nitro benzene ring substituents is 1. The summed E-state index contributed by atoms with van der Waals surface area (Å²) in [6.07, 6.45) is 1.61. The summed E-state index contributed by atoms with van der Waals surface area (Å²) in [7, 11) is 0. The largest absolute Gasteiger partial charge is 0.501 e. The van der Waals surface area contributed by atoms with E-state index in [1.165, 1.54) is 0 Å². The summed E-state index contributed by atoms with van der Waals surface area (Å²) in [5.74, 6) is -0.450. The van der Waals surface area contributed by atoms with Crippen molar-refractivity contribution in [3.8, 4) is 5.75 Å². The molecular formula is C14H16ClN3O3. The fraction of sp³-hybridized carbons (Fsp3) is 0.357. The first kappa shape index (κ1) is 15.5. The lowest BCUT2D eigenvalue weighted by Gasteiger charge is -2.18. The average molecular weight is 310 g/mol. The molecule has 7 heteroatoms. The quantitative estimate of drug-likeness (QED) is 0.677. The van der Waals surface area contributed by atoms with Crippen molar-refractivity contribution in [1.29, 1.82) is 0 Å². The molecule has 0 aliphatic rings. The Morgan fingerprint density at radius 1 is 1.38 bits per heavy atom. The van der Waals surface area contributed by atoms with Crippen molar-refractivity contribution in [1.82, 2.24) is 9.88 Å². The fourth-order valence-corrected chi connectivity index (χ4v) is 2.44. The zero-order chi connectivity index (χ0) is 15.6. The third-order valence-corrected chi connectivity index (χ3v) is 3.74. The van der Waals surface area contributed by atoms with E-state index in [1.807, 2.05) is 6.07 Å². The number of phenols is 1. The topological polar surface area (TPSA) is 79.5 Å². The molecule has 1 N–H and O–H groups in total. The van der Waals surface area contributed by atoms with E-state index in [4.69, 9.17) is 11.6 Å². The van der Waals surface area contributed by atoms with Gasteiger partial charge in [0.2, 0.25) is 5.75 Å². The Labute approximate surface area is 127 Å². The number of pyridine rings is 1. The molecular weight excluding hydrogens is 294 g/mol. The molecule has 0 aliphatic heterocycles. The monoisotopic (exact) mass is 309 g/mol. The number of aromatic hydroxyl groups is 1. The van der Waals surface area contributed by atoms with E-state index in [1.54, 1.807) is 6.20 Å². The van der Waals surface area contributed by atoms with E-state index < -0.39 is 16.4 Å². The number of aromatic nitrogens is 1. The van der Waals surface area contributed by atoms with Crippen molar-refractivity contribution in [2.24, 2.45) is 0 Å². The van der Waals surface area contributed by atoms with Crippen molar-refractivity contribution in [2.75, 3.05) is 13.1 Å². The number of phenolic OH excluding ortho intramolecular Hbond substituents is 1. The second-order valence-corrected chi connectivity index (χ2v) is 5.09. The van der Waals surface area contributed by atoms with Crippen LogP contribution < -0.4 is 0 Å². The Balaban J connectivity index is 2.52. The van der Waals surface area contributed by atoms with Gasteiger partial charge >= 0.3 is 5.69 Å². The van der Waals surface area contributed by atoms with E-state index >= 15 is 0 Å². The van der Waals surface area contributed by atoms with Crippen LogP contribution in [0.3, 0.4) is 0 Å². The highest BCUT2D eigenvalue weighted by atomic mass is 35.5. The number of nitro groups is 1. The van der Waals surface area contributed by atoms with Crippen molar-refractivity contribution >= 4 is 28.2 Å². The predicted octanol–water partition coefficient (Wildman–Crippen LogP) is 3.34. The molecule has 1 aromatic carbocycles. The second kappa shape index (κ2) is 6.24. The Kier molecular flexibility index (Phi) is 4.59. The minimum atomic E-state index is -0.674. The molecule has 2 aromatic rings. The molecule has 6 nitrogen and oxygen atoms in total. The molecule has 112 valence electrons. The van der Waals surface area contributed by atoms with Gasteiger partial charge < -0.3 is 5.11 Å². The lowest BCUT2D eigenvalue weighted by atomic mass is 10.1. The number of rotatable bonds is 5. The normalized spacial score (nSPS) is 11.2. The van der Waals surface area contributed by atoms with Gasteiger partial charge in [0.25, 0.3) is 0 Å². The summed E-state index contributed by atoms with van der Waals surface area (Å²) < 4.78 is 0. The van der Waals surface area contributed by atoms with Gasteiger partial charge in [0.15, 0.2) is 0 Å². The molecule has 0 bridgehead atoms. The van der Waals surface area contributed by atoms with Crippen LogP contribution in [-0.2, 0) is 6.54 Å². The smallest absolute Gasteiger partial charge is 0.314 e. The first-order chi connectivity index (χ1) is 9.97. The summed E-state index contributed by atoms with van der Waals surface area (Å²) in [5, 5.41) is 21.5. The Bertz CT molecular complexity index is 687. The van der Waals surface area contributed by atoms with Crippen molar-refractivity contribution < 1.29 is 10.0 Å². The molecule has 0 amide bonds. The van der Waals surface area contributed by atoms with Crippen LogP contribution in [0, 0.1) is 10.1 Å². The van der Waals surface area contributed by atoms with Crippen LogP contribution in [0.15, 0.2) is 18.3 Å². The lowest BCUT2D eigenvalue weighted by Crippen LogP contribution is -2.22. The average Bonchev–Trinajstić information content (AvgIpc) is 2.48. The van der Waals surface area contributed by atoms with Gasteiger partial charge in [-0.05, 0) is 24.7 Å². The molecule has 0 unspecified atom stereocenters. The number of hydrogen-bond donors (Lipinski definition) is 1. The van der Waals surface area contributed by atoms with E-state index in [2.05, 4.69) is 23.7 Å². The summed E-state index contributed by atoms with van der Waals surface area (Å²) >= 11 is 6.09. The molecule has 0 saturated heterocycles. The molecule has 0 atom stereocenters. The van der Waals surface area contributed by atoms with Crippen LogP contribution in [0.25, 0.3) is 10.9 Å². The minimum absolute atomic E-state index is 0.150. The third kappa shape index (κ3) is 3.06. The van der Waals surface area contributed by atoms with Crippen LogP contribution in [0.5, 0.6) is 5.75 Å². The Morgan fingerprint density at radius 3 is 2.62 bits per heavy atom. The SMILES string of the molecule is CCN(CC)Cc1cnc2c(O)c([N+](=O)[O-])cc(Cl)c2c1. The molecule has 2 rings (SSSR count). The van der Waals surface area contributed by atoms with Crippen LogP contribution >= 0.6 is 11.6 Å². The molecule has 1 aromatic heterocycles. The van der Waals surface area contributed by atoms with Crippen LogP contribution in [0.1, 0.15) is 19.4 Å². The van der Waals surface area contributed by atoms with E-state index in [-0.39, 0.29) is 10.5 Å². The Morgan fingerprint density at radius 2 is 2.05 bits per heavy atom. The number of halogens is 1. The highest BCUT2D eigenvalue weighted by Crippen LogP contribution is 2.38. The summed E-state index contributed by atoms with van der Waals surface area (Å²) in [6.45, 7) is 6.67. The summed E-state index contributed by atoms with van der Waals surface area (Å²) in [6, 6.07) is 2.97. The minimum Gasteiger partial charge on any atom is -0.501 e. The number of benzene rings is 1. The molecule has 0 aliphatic carbocycles. The maximum Gasteiger partial charge on any atom is 0.314 e. The lowest BCUT2D eigenvalue weighted by molar-refractivity contribution is -0.385. The van der Waals surface area contributed by atoms with Gasteiger partial charge in [0.1, 0.15) is 5.52 Å². The van der Waals surface area contributed by atoms with Gasteiger partial charge in [-0.1, -0.05) is 25.4 Å². The molecule has 21 heavy (non-hydrogen) atoms. The highest BCUT2D eigenvalue weighted by Gasteiger charge is 2.20. The van der Waals surface area contributed by atoms with Crippen molar-refractivity contribution in [2.45, 2.75) is 20.4 Å². The van der Waals surface area contributed by atoms with Crippen LogP contribution in [0.4, 0.5) is 5.69 Å². The van der Waals surface area contributed by atoms with Gasteiger partial charge in [-0.15, -0.1) is 0 Å². The second-order valence-electron chi connectivity index (χ2n) is 4.68. The zero-order valence-electron chi connectivity index (χ0n) is 11.8. The third-order valence-electron chi connectivity index (χ3n) is 3.43. The number of fused-ring (bicyclic) bond motifs is 1. The summed E-state index contributed by atoms with van der Waals surface area (Å²) in [5.41, 5.74) is 0.662. The molecule has 0 radical (unpaired) electrons. The first-order valence-corrected chi connectivity index (χ1v) is 7.02. The number of hydrogen-bond acceptors (Lipinski definition) is 5. The molecule has 0 saturated carbocycles. The zero-order valence-corrected chi connectivity index (χ0v) is 12.6. The van der Waals surface area contributed by atoms with Gasteiger partial charge in [-0.25, -0.2) is 0 Å². The van der Waals surface area contributed by atoms with E-state index in [0.717, 1.165) is 24.7 Å². The standard InChI is InChI=1S/C14H16ClN3O3/c1-3-17(4-2)8-9-5-10-11(15)6-12(18(20)21)14(19)13(10)16-7-9/h5-7,19H,3-4,8H2,1-2H3. The maximum absolute atomic E-state index is 10.9. The first-order valence-electron chi connectivity index (χ1n) is 6.64. The van der Waals surface area contributed by atoms with E-state index in [0.29, 0.717) is 11.9 Å². The van der Waals surface area contributed by atoms with Gasteiger partial charge in [-0.3, -0.25) is 20.0 Å². The highest BCUT2D eigenvalue weighted by molar-refractivity contribution is 6.36. The predicted molar refractivity (Wildman–Crippen MR) is 81.7 cm³/mol. The maximum atomic E-state index is 10.9. The van der Waals surface area contributed by atoms with Crippen molar-refractivity contribution in [3.05, 3.63) is 39.0 Å². The summed E-state index contributed by atoms with van der Waals surface area (Å²) in [4.78, 5) is 16.5. The van der Waals surface area contributed by atoms with Gasteiger partial charge in [0.05, 0.1) is 9.95 Å². The van der Waals surface area contributed by atoms with Gasteiger partial charge in [0, 0.05) is 24.2 Å². The number of nitrogens with zero attached hydrogens (tertiary/aromatic N) is 3. The van der Waals surface area contributed by atoms with E-state index in [9.17, 15) is 15.2 Å². The van der Waals surface area contributed by atoms with Crippen LogP contribution in [-0.4, -0.2) is 33.0 Å². The van der Waals surface area contributed by atoms with Crippen molar-refractivity contribution in [3.63, 3.8) is 0 Å². The Hall–Kier alpha value is -1.92. The van der Waals surface area contributed by atoms with Crippen LogP contribution in [0.2, 0.25) is 5.02 Å². The molecule has 1 heterocycles. The molecule has 0 fully saturated rings.